The Morgan fingerprint density at radius 2 is 2.00 bits per heavy atom. The molecule has 1 aromatic rings. The molecular formula is C10H15NO3. The number of anilines is 1. The van der Waals surface area contributed by atoms with E-state index in [1.54, 1.807) is 18.2 Å². The molecule has 4 nitrogen and oxygen atoms in total. The van der Waals surface area contributed by atoms with Gasteiger partial charge in [0.1, 0.15) is 12.2 Å². The SMILES string of the molecule is Cc1ccc(C(O)C(O)CO)c(N)c1. The molecule has 2 unspecified atom stereocenters. The predicted molar refractivity (Wildman–Crippen MR) is 53.6 cm³/mol. The Morgan fingerprint density at radius 3 is 2.50 bits per heavy atom. The van der Waals surface area contributed by atoms with Gasteiger partial charge in [0, 0.05) is 11.3 Å². The van der Waals surface area contributed by atoms with Crippen molar-refractivity contribution in [3.8, 4) is 0 Å². The minimum absolute atomic E-state index is 0.421. The summed E-state index contributed by atoms with van der Waals surface area (Å²) >= 11 is 0. The highest BCUT2D eigenvalue weighted by Gasteiger charge is 2.19. The Balaban J connectivity index is 2.95. The Labute approximate surface area is 82.6 Å². The fraction of sp³-hybridized carbons (Fsp3) is 0.400. The van der Waals surface area contributed by atoms with Crippen LogP contribution in [0.3, 0.4) is 0 Å². The zero-order valence-electron chi connectivity index (χ0n) is 8.01. The Hall–Kier alpha value is -1.10. The number of aryl methyl sites for hydroxylation is 1. The predicted octanol–water partition coefficient (Wildman–Crippen LogP) is -0.0362. The van der Waals surface area contributed by atoms with Crippen LogP contribution in [-0.2, 0) is 0 Å². The molecule has 0 aliphatic carbocycles. The molecule has 0 bridgehead atoms. The van der Waals surface area contributed by atoms with Gasteiger partial charge in [0.25, 0.3) is 0 Å². The summed E-state index contributed by atoms with van der Waals surface area (Å²) in [4.78, 5) is 0. The lowest BCUT2D eigenvalue weighted by Crippen LogP contribution is -2.22. The third kappa shape index (κ3) is 2.23. The second kappa shape index (κ2) is 4.41. The molecule has 0 aliphatic heterocycles. The summed E-state index contributed by atoms with van der Waals surface area (Å²) in [6.07, 6.45) is -2.33. The molecule has 14 heavy (non-hydrogen) atoms. The summed E-state index contributed by atoms with van der Waals surface area (Å²) in [7, 11) is 0. The van der Waals surface area contributed by atoms with Crippen LogP contribution in [0.1, 0.15) is 17.2 Å². The van der Waals surface area contributed by atoms with Crippen LogP contribution in [0.5, 0.6) is 0 Å². The summed E-state index contributed by atoms with van der Waals surface area (Å²) in [5.41, 5.74) is 7.51. The highest BCUT2D eigenvalue weighted by Crippen LogP contribution is 2.23. The van der Waals surface area contributed by atoms with E-state index in [2.05, 4.69) is 0 Å². The largest absolute Gasteiger partial charge is 0.398 e. The molecule has 0 aromatic heterocycles. The van der Waals surface area contributed by atoms with Crippen molar-refractivity contribution >= 4 is 5.69 Å². The average molecular weight is 197 g/mol. The quantitative estimate of drug-likeness (QED) is 0.512. The minimum atomic E-state index is -1.19. The molecule has 0 heterocycles. The van der Waals surface area contributed by atoms with Crippen LogP contribution in [0, 0.1) is 6.92 Å². The van der Waals surface area contributed by atoms with E-state index in [0.717, 1.165) is 5.56 Å². The lowest BCUT2D eigenvalue weighted by Gasteiger charge is -2.17. The summed E-state index contributed by atoms with van der Waals surface area (Å²) in [6.45, 7) is 1.39. The Kier molecular flexibility index (Phi) is 3.46. The van der Waals surface area contributed by atoms with Gasteiger partial charge in [-0.3, -0.25) is 0 Å². The van der Waals surface area contributed by atoms with Gasteiger partial charge in [-0.15, -0.1) is 0 Å². The smallest absolute Gasteiger partial charge is 0.109 e. The van der Waals surface area contributed by atoms with E-state index in [9.17, 15) is 10.2 Å². The zero-order valence-corrected chi connectivity index (χ0v) is 8.01. The van der Waals surface area contributed by atoms with Crippen LogP contribution in [0.15, 0.2) is 18.2 Å². The van der Waals surface area contributed by atoms with Crippen molar-refractivity contribution in [3.63, 3.8) is 0 Å². The molecule has 0 spiro atoms. The first-order chi connectivity index (χ1) is 6.56. The summed E-state index contributed by atoms with van der Waals surface area (Å²) in [6, 6.07) is 5.15. The van der Waals surface area contributed by atoms with Gasteiger partial charge in [-0.2, -0.15) is 0 Å². The average Bonchev–Trinajstić information content (AvgIpc) is 2.15. The molecule has 0 saturated carbocycles. The molecule has 0 radical (unpaired) electrons. The number of aliphatic hydroxyl groups excluding tert-OH is 3. The summed E-state index contributed by atoms with van der Waals surface area (Å²) < 4.78 is 0. The maximum Gasteiger partial charge on any atom is 0.109 e. The minimum Gasteiger partial charge on any atom is -0.398 e. The van der Waals surface area contributed by atoms with Gasteiger partial charge >= 0.3 is 0 Å². The van der Waals surface area contributed by atoms with Crippen LogP contribution in [0.4, 0.5) is 5.69 Å². The van der Waals surface area contributed by atoms with E-state index in [0.29, 0.717) is 11.3 Å². The van der Waals surface area contributed by atoms with Crippen molar-refractivity contribution in [1.82, 2.24) is 0 Å². The maximum atomic E-state index is 9.57. The van der Waals surface area contributed by atoms with E-state index in [4.69, 9.17) is 10.8 Å². The van der Waals surface area contributed by atoms with Crippen LogP contribution in [0.25, 0.3) is 0 Å². The second-order valence-corrected chi connectivity index (χ2v) is 3.33. The van der Waals surface area contributed by atoms with Crippen molar-refractivity contribution in [3.05, 3.63) is 29.3 Å². The van der Waals surface area contributed by atoms with Gasteiger partial charge in [0.05, 0.1) is 6.61 Å². The lowest BCUT2D eigenvalue weighted by atomic mass is 10.0. The van der Waals surface area contributed by atoms with Crippen LogP contribution in [-0.4, -0.2) is 28.0 Å². The molecule has 0 fully saturated rings. The van der Waals surface area contributed by atoms with Gasteiger partial charge in [-0.05, 0) is 18.6 Å². The van der Waals surface area contributed by atoms with E-state index in [1.165, 1.54) is 0 Å². The molecule has 1 aromatic carbocycles. The maximum absolute atomic E-state index is 9.57. The van der Waals surface area contributed by atoms with Gasteiger partial charge in [-0.1, -0.05) is 12.1 Å². The van der Waals surface area contributed by atoms with Crippen molar-refractivity contribution in [2.75, 3.05) is 12.3 Å². The first-order valence-electron chi connectivity index (χ1n) is 4.39. The zero-order chi connectivity index (χ0) is 10.7. The number of nitrogen functional groups attached to an aromatic ring is 1. The summed E-state index contributed by atoms with van der Waals surface area (Å²) in [5, 5.41) is 27.4. The first kappa shape index (κ1) is 11.0. The first-order valence-corrected chi connectivity index (χ1v) is 4.39. The topological polar surface area (TPSA) is 86.7 Å². The monoisotopic (exact) mass is 197 g/mol. The fourth-order valence-corrected chi connectivity index (χ4v) is 1.27. The Bertz CT molecular complexity index is 314. The van der Waals surface area contributed by atoms with Crippen molar-refractivity contribution < 1.29 is 15.3 Å². The number of benzene rings is 1. The van der Waals surface area contributed by atoms with E-state index < -0.39 is 18.8 Å². The van der Waals surface area contributed by atoms with Crippen molar-refractivity contribution in [2.45, 2.75) is 19.1 Å². The molecule has 2 atom stereocenters. The highest BCUT2D eigenvalue weighted by atomic mass is 16.4. The third-order valence-corrected chi connectivity index (χ3v) is 2.11. The van der Waals surface area contributed by atoms with Crippen molar-refractivity contribution in [2.24, 2.45) is 0 Å². The normalized spacial score (nSPS) is 15.1. The molecule has 0 saturated heterocycles. The molecule has 5 N–H and O–H groups in total. The fourth-order valence-electron chi connectivity index (χ4n) is 1.27. The molecule has 78 valence electrons. The molecule has 0 aliphatic rings. The number of rotatable bonds is 3. The van der Waals surface area contributed by atoms with Gasteiger partial charge in [0.15, 0.2) is 0 Å². The van der Waals surface area contributed by atoms with E-state index in [-0.39, 0.29) is 0 Å². The van der Waals surface area contributed by atoms with Gasteiger partial charge in [-0.25, -0.2) is 0 Å². The second-order valence-electron chi connectivity index (χ2n) is 3.33. The van der Waals surface area contributed by atoms with Gasteiger partial charge in [0.2, 0.25) is 0 Å². The van der Waals surface area contributed by atoms with Crippen LogP contribution >= 0.6 is 0 Å². The lowest BCUT2D eigenvalue weighted by molar-refractivity contribution is -0.0149. The molecule has 4 heteroatoms. The van der Waals surface area contributed by atoms with E-state index >= 15 is 0 Å². The van der Waals surface area contributed by atoms with Crippen LogP contribution < -0.4 is 5.73 Å². The van der Waals surface area contributed by atoms with Crippen molar-refractivity contribution in [1.29, 1.82) is 0 Å². The Morgan fingerprint density at radius 1 is 1.36 bits per heavy atom. The number of hydrogen-bond donors (Lipinski definition) is 4. The highest BCUT2D eigenvalue weighted by molar-refractivity contribution is 5.50. The van der Waals surface area contributed by atoms with Gasteiger partial charge < -0.3 is 21.1 Å². The molecular weight excluding hydrogens is 182 g/mol. The third-order valence-electron chi connectivity index (χ3n) is 2.11. The standard InChI is InChI=1S/C10H15NO3/c1-6-2-3-7(8(11)4-6)10(14)9(13)5-12/h2-4,9-10,12-14H,5,11H2,1H3. The number of aliphatic hydroxyl groups is 3. The number of hydrogen-bond acceptors (Lipinski definition) is 4. The molecule has 1 rings (SSSR count). The molecule has 0 amide bonds. The number of nitrogens with two attached hydrogens (primary N) is 1. The summed E-state index contributed by atoms with van der Waals surface area (Å²) in [5.74, 6) is 0. The van der Waals surface area contributed by atoms with Crippen LogP contribution in [0.2, 0.25) is 0 Å². The van der Waals surface area contributed by atoms with E-state index in [1.807, 2.05) is 6.92 Å².